The standard InChI is InChI=1S/C12H16N2O4/c1-7(2)18-10-5-8(12(16)17)3-4-9(10)14-11(15)6-13/h3-5,7H,6,13H2,1-2H3,(H,14,15)(H,16,17). The van der Waals surface area contributed by atoms with Crippen LogP contribution in [0.3, 0.4) is 0 Å². The van der Waals surface area contributed by atoms with Crippen molar-refractivity contribution in [1.29, 1.82) is 0 Å². The maximum atomic E-state index is 11.2. The molecule has 0 aromatic heterocycles. The Morgan fingerprint density at radius 3 is 2.61 bits per heavy atom. The lowest BCUT2D eigenvalue weighted by molar-refractivity contribution is -0.114. The maximum absolute atomic E-state index is 11.2. The number of nitrogens with two attached hydrogens (primary N) is 1. The molecule has 1 aromatic rings. The van der Waals surface area contributed by atoms with E-state index >= 15 is 0 Å². The van der Waals surface area contributed by atoms with E-state index in [2.05, 4.69) is 5.32 Å². The normalized spacial score (nSPS) is 10.2. The van der Waals surface area contributed by atoms with Crippen LogP contribution < -0.4 is 15.8 Å². The fraction of sp³-hybridized carbons (Fsp3) is 0.333. The van der Waals surface area contributed by atoms with Crippen LogP contribution in [0.15, 0.2) is 18.2 Å². The second-order valence-corrected chi connectivity index (χ2v) is 3.93. The molecule has 0 radical (unpaired) electrons. The third-order valence-electron chi connectivity index (χ3n) is 2.05. The summed E-state index contributed by atoms with van der Waals surface area (Å²) in [7, 11) is 0. The highest BCUT2D eigenvalue weighted by Gasteiger charge is 2.12. The predicted octanol–water partition coefficient (Wildman–Crippen LogP) is 1.07. The molecule has 98 valence electrons. The molecule has 0 saturated heterocycles. The number of carboxylic acid groups (broad SMARTS) is 1. The van der Waals surface area contributed by atoms with Crippen molar-refractivity contribution < 1.29 is 19.4 Å². The van der Waals surface area contributed by atoms with Crippen molar-refractivity contribution in [2.45, 2.75) is 20.0 Å². The van der Waals surface area contributed by atoms with Crippen molar-refractivity contribution in [3.63, 3.8) is 0 Å². The van der Waals surface area contributed by atoms with Crippen molar-refractivity contribution in [1.82, 2.24) is 0 Å². The Kier molecular flexibility index (Phi) is 4.67. The Morgan fingerprint density at radius 2 is 2.11 bits per heavy atom. The van der Waals surface area contributed by atoms with Gasteiger partial charge in [-0.05, 0) is 32.0 Å². The van der Waals surface area contributed by atoms with Crippen LogP contribution in [0, 0.1) is 0 Å². The Labute approximate surface area is 105 Å². The fourth-order valence-corrected chi connectivity index (χ4v) is 1.31. The summed E-state index contributed by atoms with van der Waals surface area (Å²) < 4.78 is 5.46. The lowest BCUT2D eigenvalue weighted by Crippen LogP contribution is -2.22. The average molecular weight is 252 g/mol. The van der Waals surface area contributed by atoms with Crippen LogP contribution >= 0.6 is 0 Å². The molecule has 0 fully saturated rings. The van der Waals surface area contributed by atoms with Gasteiger partial charge in [-0.3, -0.25) is 4.79 Å². The first-order valence-electron chi connectivity index (χ1n) is 5.48. The third-order valence-corrected chi connectivity index (χ3v) is 2.05. The van der Waals surface area contributed by atoms with Crippen molar-refractivity contribution >= 4 is 17.6 Å². The second-order valence-electron chi connectivity index (χ2n) is 3.93. The number of nitrogens with one attached hydrogen (secondary N) is 1. The SMILES string of the molecule is CC(C)Oc1cc(C(=O)O)ccc1NC(=O)CN. The maximum Gasteiger partial charge on any atom is 0.335 e. The van der Waals surface area contributed by atoms with E-state index in [0.717, 1.165) is 0 Å². The van der Waals surface area contributed by atoms with Gasteiger partial charge in [-0.2, -0.15) is 0 Å². The monoisotopic (exact) mass is 252 g/mol. The Morgan fingerprint density at radius 1 is 1.44 bits per heavy atom. The number of carbonyl (C=O) groups excluding carboxylic acids is 1. The molecular weight excluding hydrogens is 236 g/mol. The quantitative estimate of drug-likeness (QED) is 0.727. The number of aromatic carboxylic acids is 1. The molecule has 0 atom stereocenters. The summed E-state index contributed by atoms with van der Waals surface area (Å²) in [6.45, 7) is 3.46. The number of hydrogen-bond donors (Lipinski definition) is 3. The van der Waals surface area contributed by atoms with E-state index in [0.29, 0.717) is 11.4 Å². The fourth-order valence-electron chi connectivity index (χ4n) is 1.31. The molecule has 0 spiro atoms. The zero-order chi connectivity index (χ0) is 13.7. The predicted molar refractivity (Wildman–Crippen MR) is 66.8 cm³/mol. The number of rotatable bonds is 5. The molecule has 1 amide bonds. The first-order chi connectivity index (χ1) is 8.43. The average Bonchev–Trinajstić information content (AvgIpc) is 2.30. The second kappa shape index (κ2) is 6.02. The summed E-state index contributed by atoms with van der Waals surface area (Å²) in [6, 6.07) is 4.24. The molecule has 6 nitrogen and oxygen atoms in total. The lowest BCUT2D eigenvalue weighted by atomic mass is 10.2. The highest BCUT2D eigenvalue weighted by molar-refractivity contribution is 5.95. The van der Waals surface area contributed by atoms with Gasteiger partial charge in [-0.25, -0.2) is 4.79 Å². The Hall–Kier alpha value is -2.08. The highest BCUT2D eigenvalue weighted by Crippen LogP contribution is 2.27. The molecule has 0 saturated carbocycles. The van der Waals surface area contributed by atoms with Gasteiger partial charge < -0.3 is 20.9 Å². The molecule has 1 aromatic carbocycles. The third kappa shape index (κ3) is 3.74. The van der Waals surface area contributed by atoms with Crippen LogP contribution in [0.5, 0.6) is 5.75 Å². The van der Waals surface area contributed by atoms with Gasteiger partial charge in [0.1, 0.15) is 5.75 Å². The van der Waals surface area contributed by atoms with E-state index in [9.17, 15) is 9.59 Å². The summed E-state index contributed by atoms with van der Waals surface area (Å²) in [5.41, 5.74) is 5.70. The summed E-state index contributed by atoms with van der Waals surface area (Å²) in [6.07, 6.45) is -0.137. The number of anilines is 1. The van der Waals surface area contributed by atoms with Gasteiger partial charge in [0.25, 0.3) is 0 Å². The molecule has 6 heteroatoms. The van der Waals surface area contributed by atoms with Crippen molar-refractivity contribution in [2.24, 2.45) is 5.73 Å². The molecular formula is C12H16N2O4. The van der Waals surface area contributed by atoms with E-state index in [1.165, 1.54) is 18.2 Å². The van der Waals surface area contributed by atoms with Crippen LogP contribution in [0.2, 0.25) is 0 Å². The number of ether oxygens (including phenoxy) is 1. The van der Waals surface area contributed by atoms with Crippen molar-refractivity contribution in [3.8, 4) is 5.75 Å². The molecule has 18 heavy (non-hydrogen) atoms. The Balaban J connectivity index is 3.07. The van der Waals surface area contributed by atoms with Crippen LogP contribution in [0.1, 0.15) is 24.2 Å². The van der Waals surface area contributed by atoms with E-state index in [4.69, 9.17) is 15.6 Å². The van der Waals surface area contributed by atoms with Crippen molar-refractivity contribution in [2.75, 3.05) is 11.9 Å². The van der Waals surface area contributed by atoms with Gasteiger partial charge in [-0.1, -0.05) is 0 Å². The number of hydrogen-bond acceptors (Lipinski definition) is 4. The molecule has 0 aliphatic carbocycles. The van der Waals surface area contributed by atoms with Gasteiger partial charge >= 0.3 is 5.97 Å². The zero-order valence-electron chi connectivity index (χ0n) is 10.3. The summed E-state index contributed by atoms with van der Waals surface area (Å²) in [5.74, 6) is -1.11. The summed E-state index contributed by atoms with van der Waals surface area (Å²) in [4.78, 5) is 22.1. The van der Waals surface area contributed by atoms with Gasteiger partial charge in [0.2, 0.25) is 5.91 Å². The molecule has 4 N–H and O–H groups in total. The molecule has 0 unspecified atom stereocenters. The minimum Gasteiger partial charge on any atom is -0.489 e. The lowest BCUT2D eigenvalue weighted by Gasteiger charge is -2.15. The van der Waals surface area contributed by atoms with Crippen LogP contribution in [0.4, 0.5) is 5.69 Å². The Bertz CT molecular complexity index is 457. The van der Waals surface area contributed by atoms with E-state index < -0.39 is 5.97 Å². The van der Waals surface area contributed by atoms with Crippen LogP contribution in [0.25, 0.3) is 0 Å². The van der Waals surface area contributed by atoms with Gasteiger partial charge in [0.15, 0.2) is 0 Å². The summed E-state index contributed by atoms with van der Waals surface area (Å²) in [5, 5.41) is 11.4. The molecule has 0 aliphatic rings. The number of amides is 1. The van der Waals surface area contributed by atoms with Crippen LogP contribution in [-0.2, 0) is 4.79 Å². The highest BCUT2D eigenvalue weighted by atomic mass is 16.5. The number of benzene rings is 1. The van der Waals surface area contributed by atoms with Crippen molar-refractivity contribution in [3.05, 3.63) is 23.8 Å². The van der Waals surface area contributed by atoms with Gasteiger partial charge in [-0.15, -0.1) is 0 Å². The molecule has 1 rings (SSSR count). The first kappa shape index (κ1) is 14.0. The van der Waals surface area contributed by atoms with E-state index in [1.54, 1.807) is 0 Å². The number of carbonyl (C=O) groups is 2. The first-order valence-corrected chi connectivity index (χ1v) is 5.48. The van der Waals surface area contributed by atoms with Crippen LogP contribution in [-0.4, -0.2) is 29.6 Å². The van der Waals surface area contributed by atoms with E-state index in [-0.39, 0.29) is 24.1 Å². The minimum absolute atomic E-state index is 0.0939. The smallest absolute Gasteiger partial charge is 0.335 e. The molecule has 0 heterocycles. The topological polar surface area (TPSA) is 102 Å². The molecule has 0 bridgehead atoms. The summed E-state index contributed by atoms with van der Waals surface area (Å²) >= 11 is 0. The zero-order valence-corrected chi connectivity index (χ0v) is 10.3. The largest absolute Gasteiger partial charge is 0.489 e. The van der Waals surface area contributed by atoms with E-state index in [1.807, 2.05) is 13.8 Å². The number of carboxylic acids is 1. The molecule has 0 aliphatic heterocycles. The van der Waals surface area contributed by atoms with Gasteiger partial charge in [0.05, 0.1) is 23.9 Å². The van der Waals surface area contributed by atoms with Gasteiger partial charge in [0, 0.05) is 0 Å². The minimum atomic E-state index is -1.06.